The second kappa shape index (κ2) is 9.82. The van der Waals surface area contributed by atoms with Crippen LogP contribution in [0.4, 0.5) is 5.69 Å². The van der Waals surface area contributed by atoms with Crippen LogP contribution < -0.4 is 19.5 Å². The molecule has 0 radical (unpaired) electrons. The van der Waals surface area contributed by atoms with Crippen molar-refractivity contribution < 1.29 is 23.8 Å². The molecule has 2 amide bonds. The Bertz CT molecular complexity index is 868. The van der Waals surface area contributed by atoms with Crippen LogP contribution in [-0.4, -0.2) is 49.6 Å². The highest BCUT2D eigenvalue weighted by Gasteiger charge is 2.18. The van der Waals surface area contributed by atoms with Gasteiger partial charge in [-0.2, -0.15) is 0 Å². The van der Waals surface area contributed by atoms with E-state index in [4.69, 9.17) is 14.2 Å². The van der Waals surface area contributed by atoms with E-state index in [9.17, 15) is 9.59 Å². The van der Waals surface area contributed by atoms with Gasteiger partial charge in [-0.05, 0) is 43.2 Å². The summed E-state index contributed by atoms with van der Waals surface area (Å²) in [4.78, 5) is 26.3. The van der Waals surface area contributed by atoms with E-state index in [0.717, 1.165) is 12.0 Å². The number of aryl methyl sites for hydroxylation is 1. The molecule has 1 N–H and O–H groups in total. The van der Waals surface area contributed by atoms with Crippen molar-refractivity contribution in [3.63, 3.8) is 0 Å². The highest BCUT2D eigenvalue weighted by atomic mass is 16.6. The topological polar surface area (TPSA) is 77.1 Å². The van der Waals surface area contributed by atoms with Gasteiger partial charge in [0.1, 0.15) is 19.0 Å². The number of rotatable bonds is 8. The third-order valence-corrected chi connectivity index (χ3v) is 4.56. The molecule has 0 unspecified atom stereocenters. The van der Waals surface area contributed by atoms with Crippen LogP contribution in [0.1, 0.15) is 19.4 Å². The van der Waals surface area contributed by atoms with E-state index in [-0.39, 0.29) is 25.0 Å². The molecule has 0 spiro atoms. The number of nitrogens with one attached hydrogen (secondary N) is 1. The molecule has 0 aromatic heterocycles. The van der Waals surface area contributed by atoms with Crippen molar-refractivity contribution in [1.82, 2.24) is 4.90 Å². The molecule has 0 aliphatic carbocycles. The molecule has 154 valence electrons. The number of hydrogen-bond acceptors (Lipinski definition) is 5. The number of anilines is 1. The molecule has 0 bridgehead atoms. The van der Waals surface area contributed by atoms with Gasteiger partial charge in [0.05, 0.1) is 6.54 Å². The summed E-state index contributed by atoms with van der Waals surface area (Å²) in [5.74, 6) is 1.37. The van der Waals surface area contributed by atoms with Crippen molar-refractivity contribution in [2.75, 3.05) is 38.2 Å². The molecule has 1 heterocycles. The van der Waals surface area contributed by atoms with Crippen LogP contribution in [0.3, 0.4) is 0 Å². The van der Waals surface area contributed by atoms with E-state index in [1.54, 1.807) is 18.2 Å². The van der Waals surface area contributed by atoms with Gasteiger partial charge in [0.25, 0.3) is 5.91 Å². The molecule has 0 saturated carbocycles. The lowest BCUT2D eigenvalue weighted by molar-refractivity contribution is -0.136. The first-order chi connectivity index (χ1) is 14.1. The van der Waals surface area contributed by atoms with Gasteiger partial charge in [0.2, 0.25) is 5.91 Å². The molecule has 29 heavy (non-hydrogen) atoms. The zero-order valence-electron chi connectivity index (χ0n) is 16.8. The molecule has 7 nitrogen and oxygen atoms in total. The van der Waals surface area contributed by atoms with Crippen molar-refractivity contribution in [1.29, 1.82) is 0 Å². The maximum absolute atomic E-state index is 12.5. The highest BCUT2D eigenvalue weighted by Crippen LogP contribution is 2.32. The van der Waals surface area contributed by atoms with Crippen LogP contribution >= 0.6 is 0 Å². The molecular weight excluding hydrogens is 372 g/mol. The largest absolute Gasteiger partial charge is 0.486 e. The fourth-order valence-electron chi connectivity index (χ4n) is 2.96. The van der Waals surface area contributed by atoms with Crippen molar-refractivity contribution in [3.8, 4) is 17.2 Å². The summed E-state index contributed by atoms with van der Waals surface area (Å²) in [6.45, 7) is 5.11. The van der Waals surface area contributed by atoms with Gasteiger partial charge >= 0.3 is 0 Å². The Morgan fingerprint density at radius 1 is 1.07 bits per heavy atom. The smallest absolute Gasteiger partial charge is 0.260 e. The number of hydrogen-bond donors (Lipinski definition) is 1. The molecular formula is C22H26N2O5. The Morgan fingerprint density at radius 2 is 1.86 bits per heavy atom. The minimum absolute atomic E-state index is 0.0534. The molecule has 2 aromatic carbocycles. The normalized spacial score (nSPS) is 12.2. The van der Waals surface area contributed by atoms with Crippen LogP contribution in [0.2, 0.25) is 0 Å². The van der Waals surface area contributed by atoms with Gasteiger partial charge in [-0.15, -0.1) is 0 Å². The van der Waals surface area contributed by atoms with Crippen molar-refractivity contribution in [2.45, 2.75) is 20.3 Å². The Hall–Kier alpha value is -3.22. The highest BCUT2D eigenvalue weighted by molar-refractivity contribution is 5.95. The van der Waals surface area contributed by atoms with E-state index in [2.05, 4.69) is 12.2 Å². The number of carbonyl (C=O) groups excluding carboxylic acids is 2. The minimum atomic E-state index is -0.287. The second-order valence-corrected chi connectivity index (χ2v) is 6.60. The minimum Gasteiger partial charge on any atom is -0.486 e. The Kier molecular flexibility index (Phi) is 6.94. The Labute approximate surface area is 170 Å². The molecule has 0 saturated heterocycles. The number of nitrogens with zero attached hydrogens (tertiary/aromatic N) is 1. The number of fused-ring (bicyclic) bond motifs is 1. The average Bonchev–Trinajstić information content (AvgIpc) is 2.75. The van der Waals surface area contributed by atoms with E-state index in [1.807, 2.05) is 31.2 Å². The quantitative estimate of drug-likeness (QED) is 0.740. The molecule has 3 rings (SSSR count). The van der Waals surface area contributed by atoms with Gasteiger partial charge in [0, 0.05) is 18.3 Å². The maximum atomic E-state index is 12.5. The molecule has 1 aliphatic rings. The standard InChI is InChI=1S/C22H26N2O5/c1-3-16-6-5-7-18(12-16)29-15-22(26)24(4-2)14-21(25)23-17-8-9-19-20(13-17)28-11-10-27-19/h5-9,12-13H,3-4,10-11,14-15H2,1-2H3,(H,23,25). The molecule has 2 aromatic rings. The summed E-state index contributed by atoms with van der Waals surface area (Å²) < 4.78 is 16.6. The molecule has 1 aliphatic heterocycles. The van der Waals surface area contributed by atoms with Crippen LogP contribution in [0, 0.1) is 0 Å². The lowest BCUT2D eigenvalue weighted by atomic mass is 10.2. The van der Waals surface area contributed by atoms with E-state index >= 15 is 0 Å². The SMILES string of the molecule is CCc1cccc(OCC(=O)N(CC)CC(=O)Nc2ccc3c(c2)OCCO3)c1. The first kappa shape index (κ1) is 20.5. The number of amides is 2. The number of carbonyl (C=O) groups is 2. The monoisotopic (exact) mass is 398 g/mol. The van der Waals surface area contributed by atoms with Crippen molar-refractivity contribution >= 4 is 17.5 Å². The first-order valence-electron chi connectivity index (χ1n) is 9.78. The van der Waals surface area contributed by atoms with Crippen molar-refractivity contribution in [3.05, 3.63) is 48.0 Å². The fourth-order valence-corrected chi connectivity index (χ4v) is 2.96. The molecule has 0 atom stereocenters. The Morgan fingerprint density at radius 3 is 2.62 bits per heavy atom. The van der Waals surface area contributed by atoms with Crippen molar-refractivity contribution in [2.24, 2.45) is 0 Å². The summed E-state index contributed by atoms with van der Waals surface area (Å²) in [5, 5.41) is 2.79. The van der Waals surface area contributed by atoms with Gasteiger partial charge < -0.3 is 24.4 Å². The van der Waals surface area contributed by atoms with Crippen LogP contribution in [0.5, 0.6) is 17.2 Å². The average molecular weight is 398 g/mol. The predicted octanol–water partition coefficient (Wildman–Crippen LogP) is 2.89. The third-order valence-electron chi connectivity index (χ3n) is 4.56. The fraction of sp³-hybridized carbons (Fsp3) is 0.364. The zero-order chi connectivity index (χ0) is 20.6. The molecule has 7 heteroatoms. The lowest BCUT2D eigenvalue weighted by Crippen LogP contribution is -2.40. The first-order valence-corrected chi connectivity index (χ1v) is 9.78. The summed E-state index contributed by atoms with van der Waals surface area (Å²) in [6, 6.07) is 12.9. The summed E-state index contributed by atoms with van der Waals surface area (Å²) in [7, 11) is 0. The predicted molar refractivity (Wildman–Crippen MR) is 110 cm³/mol. The van der Waals surface area contributed by atoms with Crippen LogP contribution in [0.15, 0.2) is 42.5 Å². The lowest BCUT2D eigenvalue weighted by Gasteiger charge is -2.21. The van der Waals surface area contributed by atoms with Gasteiger partial charge in [-0.3, -0.25) is 9.59 Å². The second-order valence-electron chi connectivity index (χ2n) is 6.60. The summed E-state index contributed by atoms with van der Waals surface area (Å²) in [6.07, 6.45) is 0.895. The van der Waals surface area contributed by atoms with Gasteiger partial charge in [0.15, 0.2) is 18.1 Å². The van der Waals surface area contributed by atoms with Crippen LogP contribution in [-0.2, 0) is 16.0 Å². The van der Waals surface area contributed by atoms with Crippen LogP contribution in [0.25, 0.3) is 0 Å². The summed E-state index contributed by atoms with van der Waals surface area (Å²) >= 11 is 0. The summed E-state index contributed by atoms with van der Waals surface area (Å²) in [5.41, 5.74) is 1.73. The Balaban J connectivity index is 1.52. The van der Waals surface area contributed by atoms with E-state index in [0.29, 0.717) is 42.7 Å². The maximum Gasteiger partial charge on any atom is 0.260 e. The van der Waals surface area contributed by atoms with E-state index in [1.165, 1.54) is 4.90 Å². The molecule has 0 fully saturated rings. The van der Waals surface area contributed by atoms with Gasteiger partial charge in [-0.25, -0.2) is 0 Å². The zero-order valence-corrected chi connectivity index (χ0v) is 16.8. The van der Waals surface area contributed by atoms with Gasteiger partial charge in [-0.1, -0.05) is 19.1 Å². The number of ether oxygens (including phenoxy) is 3. The number of likely N-dealkylation sites (N-methyl/N-ethyl adjacent to an activating group) is 1. The van der Waals surface area contributed by atoms with E-state index < -0.39 is 0 Å². The third kappa shape index (κ3) is 5.63. The number of benzene rings is 2.